The van der Waals surface area contributed by atoms with Gasteiger partial charge in [0.1, 0.15) is 28.9 Å². The maximum atomic E-state index is 6.41. The van der Waals surface area contributed by atoms with Crippen molar-refractivity contribution < 1.29 is 38.8 Å². The molecular weight excluding hydrogens is 735 g/mol. The molecule has 4 aromatic rings. The molecule has 0 amide bonds. The van der Waals surface area contributed by atoms with Crippen molar-refractivity contribution in [1.82, 2.24) is 10.6 Å². The summed E-state index contributed by atoms with van der Waals surface area (Å²) in [5.74, 6) is 0. The van der Waals surface area contributed by atoms with Crippen LogP contribution >= 0.6 is 7.26 Å². The average molecular weight is 769 g/mol. The van der Waals surface area contributed by atoms with Gasteiger partial charge < -0.3 is 57.6 Å². The van der Waals surface area contributed by atoms with E-state index in [1.54, 1.807) is 14.0 Å². The van der Waals surface area contributed by atoms with Crippen LogP contribution in [0.2, 0.25) is 0 Å². The maximum absolute atomic E-state index is 6.41. The molecule has 12 heteroatoms. The topological polar surface area (TPSA) is 82.7 Å². The first-order valence-electron chi connectivity index (χ1n) is 13.8. The molecular formula is C33H34BrCuN6OPS2. The predicted molar refractivity (Wildman–Crippen MR) is 189 cm³/mol. The number of rotatable bonds is 12. The Morgan fingerprint density at radius 1 is 0.667 bits per heavy atom. The molecule has 0 spiro atoms. The molecule has 0 aliphatic rings. The van der Waals surface area contributed by atoms with E-state index in [0.29, 0.717) is 30.9 Å². The fraction of sp³-hybridized carbons (Fsp3) is 0.152. The van der Waals surface area contributed by atoms with Gasteiger partial charge in [-0.25, -0.2) is 0 Å². The number of nitrogens with zero attached hydrogens (tertiary/aromatic N) is 4. The zero-order valence-electron chi connectivity index (χ0n) is 24.8. The van der Waals surface area contributed by atoms with Gasteiger partial charge in [-0.1, -0.05) is 84.9 Å². The number of hydrogen-bond acceptors (Lipinski definition) is 7. The molecule has 4 aromatic carbocycles. The Morgan fingerprint density at radius 3 is 1.58 bits per heavy atom. The molecule has 0 fully saturated rings. The van der Waals surface area contributed by atoms with Crippen LogP contribution in [0.25, 0.3) is 0 Å². The molecule has 0 aliphatic carbocycles. The standard InChI is InChI=1S/C33H35N6OPS2.BrH.Cu/c1-26(36-38-32(42)34-2)31(27-15-7-3-8-16-27)37-39-33(43)35-23-24-40-25-41(28-17-9-4-10-18-28,29-19-11-5-12-20-29)30-21-13-6-14-22-30;;/h3-22H,23-25H2,1-2H3,(H3-,34,35,36,37,38,39,42,43);1H;/q;;+2/p-2. The zero-order valence-corrected chi connectivity index (χ0v) is 29.9. The van der Waals surface area contributed by atoms with Crippen molar-refractivity contribution in [3.8, 4) is 0 Å². The molecule has 2 N–H and O–H groups in total. The summed E-state index contributed by atoms with van der Waals surface area (Å²) in [6.45, 7) is 2.73. The van der Waals surface area contributed by atoms with E-state index in [0.717, 1.165) is 5.56 Å². The third-order valence-corrected chi connectivity index (χ3v) is 11.2. The Balaban J connectivity index is 0.00000353. The van der Waals surface area contributed by atoms with Crippen LogP contribution in [0.15, 0.2) is 142 Å². The second kappa shape index (κ2) is 20.2. The summed E-state index contributed by atoms with van der Waals surface area (Å²) in [6, 6.07) is 41.6. The predicted octanol–water partition coefficient (Wildman–Crippen LogP) is 1.35. The SMILES string of the molecule is CNC([S-])=NN=C(C)C(=NN=C([S-])NCCOC[P+](c1ccccc1)(c1ccccc1)c1ccccc1)c1ccccc1.[Br-].[Cu+2]. The van der Waals surface area contributed by atoms with Crippen LogP contribution in [0.5, 0.6) is 0 Å². The third-order valence-electron chi connectivity index (χ3n) is 6.53. The molecule has 4 rings (SSSR count). The number of ether oxygens (including phenoxy) is 1. The normalized spacial score (nSPS) is 12.5. The van der Waals surface area contributed by atoms with Gasteiger partial charge >= 0.3 is 17.1 Å². The minimum absolute atomic E-state index is 0. The second-order valence-corrected chi connectivity index (χ2v) is 13.5. The molecule has 0 bridgehead atoms. The summed E-state index contributed by atoms with van der Waals surface area (Å²) >= 11 is 10.5. The molecule has 0 atom stereocenters. The molecule has 0 saturated heterocycles. The van der Waals surface area contributed by atoms with Crippen LogP contribution in [0.4, 0.5) is 0 Å². The van der Waals surface area contributed by atoms with Crippen molar-refractivity contribution in [1.29, 1.82) is 0 Å². The number of amidine groups is 2. The van der Waals surface area contributed by atoms with Gasteiger partial charge in [0, 0.05) is 19.2 Å². The van der Waals surface area contributed by atoms with E-state index in [9.17, 15) is 0 Å². The van der Waals surface area contributed by atoms with Crippen LogP contribution in [0.1, 0.15) is 12.5 Å². The van der Waals surface area contributed by atoms with E-state index in [1.165, 1.54) is 15.9 Å². The van der Waals surface area contributed by atoms with Gasteiger partial charge in [0.2, 0.25) is 0 Å². The zero-order chi connectivity index (χ0) is 30.3. The van der Waals surface area contributed by atoms with Crippen molar-refractivity contribution in [2.24, 2.45) is 20.4 Å². The summed E-state index contributed by atoms with van der Waals surface area (Å²) in [4.78, 5) is 0. The summed E-state index contributed by atoms with van der Waals surface area (Å²) in [5.41, 5.74) is 1.95. The van der Waals surface area contributed by atoms with E-state index >= 15 is 0 Å². The van der Waals surface area contributed by atoms with Gasteiger partial charge in [0.15, 0.2) is 6.35 Å². The fourth-order valence-corrected chi connectivity index (χ4v) is 8.40. The van der Waals surface area contributed by atoms with Crippen LogP contribution < -0.4 is 43.5 Å². The van der Waals surface area contributed by atoms with Gasteiger partial charge in [0.25, 0.3) is 0 Å². The van der Waals surface area contributed by atoms with Crippen LogP contribution in [0, 0.1) is 0 Å². The van der Waals surface area contributed by atoms with Crippen molar-refractivity contribution in [3.05, 3.63) is 127 Å². The Hall–Kier alpha value is -3.01. The Kier molecular flexibility index (Phi) is 17.1. The third kappa shape index (κ3) is 10.8. The first kappa shape index (κ1) is 38.2. The summed E-state index contributed by atoms with van der Waals surface area (Å²) in [6.07, 6.45) is 0.556. The van der Waals surface area contributed by atoms with E-state index in [1.807, 2.05) is 30.3 Å². The smallest absolute Gasteiger partial charge is 1.00 e. The molecule has 7 nitrogen and oxygen atoms in total. The van der Waals surface area contributed by atoms with Gasteiger partial charge in [0.05, 0.1) is 12.3 Å². The summed E-state index contributed by atoms with van der Waals surface area (Å²) in [5, 5.41) is 27.1. The van der Waals surface area contributed by atoms with Crippen molar-refractivity contribution in [2.75, 3.05) is 26.5 Å². The van der Waals surface area contributed by atoms with E-state index < -0.39 is 7.26 Å². The number of hydrogen-bond donors (Lipinski definition) is 2. The van der Waals surface area contributed by atoms with Crippen LogP contribution in [-0.4, -0.2) is 48.3 Å². The largest absolute Gasteiger partial charge is 2.00 e. The van der Waals surface area contributed by atoms with Crippen molar-refractivity contribution in [3.63, 3.8) is 0 Å². The molecule has 0 unspecified atom stereocenters. The first-order chi connectivity index (χ1) is 21.0. The number of benzene rings is 4. The summed E-state index contributed by atoms with van der Waals surface area (Å²) in [7, 11) is -0.375. The van der Waals surface area contributed by atoms with Crippen LogP contribution in [-0.2, 0) is 47.1 Å². The number of nitrogens with one attached hydrogen (secondary N) is 2. The Labute approximate surface area is 298 Å². The minimum Gasteiger partial charge on any atom is -1.00 e. The molecule has 0 aliphatic heterocycles. The molecule has 1 radical (unpaired) electrons. The van der Waals surface area contributed by atoms with E-state index in [2.05, 4.69) is 122 Å². The maximum Gasteiger partial charge on any atom is 2.00 e. The van der Waals surface area contributed by atoms with E-state index in [-0.39, 0.29) is 44.4 Å². The quantitative estimate of drug-likeness (QED) is 0.0433. The number of halogens is 1. The molecule has 0 heterocycles. The van der Waals surface area contributed by atoms with Crippen molar-refractivity contribution in [2.45, 2.75) is 6.92 Å². The molecule has 0 aromatic heterocycles. The minimum atomic E-state index is -2.07. The Morgan fingerprint density at radius 2 is 1.11 bits per heavy atom. The molecule has 45 heavy (non-hydrogen) atoms. The Bertz CT molecular complexity index is 1470. The van der Waals surface area contributed by atoms with Gasteiger partial charge in [-0.15, -0.1) is 5.10 Å². The first-order valence-corrected chi connectivity index (χ1v) is 16.6. The van der Waals surface area contributed by atoms with Gasteiger partial charge in [-0.05, 0) is 53.7 Å². The monoisotopic (exact) mass is 767 g/mol. The second-order valence-electron chi connectivity index (χ2n) is 9.34. The average Bonchev–Trinajstić information content (AvgIpc) is 3.07. The molecule has 0 saturated carbocycles. The fourth-order valence-electron chi connectivity index (χ4n) is 4.43. The molecule has 237 valence electrons. The van der Waals surface area contributed by atoms with Crippen molar-refractivity contribution >= 4 is 70.2 Å². The van der Waals surface area contributed by atoms with E-state index in [4.69, 9.17) is 30.0 Å². The van der Waals surface area contributed by atoms with Crippen LogP contribution in [0.3, 0.4) is 0 Å². The van der Waals surface area contributed by atoms with Gasteiger partial charge in [-0.3, -0.25) is 0 Å². The summed E-state index contributed by atoms with van der Waals surface area (Å²) < 4.78 is 6.41. The van der Waals surface area contributed by atoms with Gasteiger partial charge in [-0.2, -0.15) is 15.3 Å².